The third-order valence-corrected chi connectivity index (χ3v) is 4.74. The smallest absolute Gasteiger partial charge is 0.339 e. The average molecular weight is 386 g/mol. The van der Waals surface area contributed by atoms with Crippen LogP contribution in [0.15, 0.2) is 24.3 Å². The molecule has 0 saturated heterocycles. The fourth-order valence-corrected chi connectivity index (χ4v) is 3.32. The summed E-state index contributed by atoms with van der Waals surface area (Å²) in [4.78, 5) is 12.7. The number of esters is 1. The van der Waals surface area contributed by atoms with Gasteiger partial charge in [0.2, 0.25) is 5.75 Å². The van der Waals surface area contributed by atoms with Crippen LogP contribution >= 0.6 is 0 Å². The number of cyclic esters (lactones) is 1. The number of hydrogen-bond acceptors (Lipinski definition) is 7. The number of carbonyl (C=O) groups excluding carboxylic acids is 1. The van der Waals surface area contributed by atoms with E-state index >= 15 is 0 Å². The van der Waals surface area contributed by atoms with Gasteiger partial charge in [0.05, 0.1) is 34.0 Å². The van der Waals surface area contributed by atoms with Gasteiger partial charge in [-0.05, 0) is 36.3 Å². The van der Waals surface area contributed by atoms with Crippen LogP contribution in [0.2, 0.25) is 0 Å². The molecule has 0 atom stereocenters. The van der Waals surface area contributed by atoms with E-state index in [2.05, 4.69) is 0 Å². The van der Waals surface area contributed by atoms with Crippen molar-refractivity contribution in [3.63, 3.8) is 0 Å². The molecule has 7 heteroatoms. The zero-order valence-corrected chi connectivity index (χ0v) is 16.4. The molecule has 0 amide bonds. The molecule has 1 aliphatic heterocycles. The molecule has 7 nitrogen and oxygen atoms in total. The van der Waals surface area contributed by atoms with Gasteiger partial charge in [0.25, 0.3) is 0 Å². The molecular formula is C21H22O7. The van der Waals surface area contributed by atoms with Crippen LogP contribution in [0.4, 0.5) is 0 Å². The van der Waals surface area contributed by atoms with Crippen molar-refractivity contribution in [3.8, 4) is 28.7 Å². The molecule has 148 valence electrons. The first-order valence-corrected chi connectivity index (χ1v) is 8.54. The quantitative estimate of drug-likeness (QED) is 0.623. The zero-order chi connectivity index (χ0) is 20.4. The first-order valence-electron chi connectivity index (χ1n) is 8.54. The number of aromatic hydroxyl groups is 1. The van der Waals surface area contributed by atoms with Crippen molar-refractivity contribution in [3.05, 3.63) is 41.0 Å². The number of phenols is 1. The molecule has 0 aliphatic carbocycles. The van der Waals surface area contributed by atoms with E-state index in [1.807, 2.05) is 0 Å². The van der Waals surface area contributed by atoms with E-state index in [1.54, 1.807) is 31.2 Å². The topological polar surface area (TPSA) is 83.5 Å². The van der Waals surface area contributed by atoms with Crippen LogP contribution in [0.25, 0.3) is 11.1 Å². The SMILES string of the molecule is COc1ccc(/C(C)=C2/C(=O)OCc3c2cc(OC)c(OC)c3OC)cc1O. The predicted molar refractivity (Wildman–Crippen MR) is 103 cm³/mol. The summed E-state index contributed by atoms with van der Waals surface area (Å²) in [7, 11) is 6.03. The Bertz CT molecular complexity index is 960. The van der Waals surface area contributed by atoms with E-state index in [0.29, 0.717) is 50.8 Å². The van der Waals surface area contributed by atoms with E-state index in [9.17, 15) is 9.90 Å². The highest BCUT2D eigenvalue weighted by Crippen LogP contribution is 2.47. The van der Waals surface area contributed by atoms with Crippen molar-refractivity contribution < 1.29 is 33.6 Å². The molecule has 1 aliphatic rings. The van der Waals surface area contributed by atoms with Crippen molar-refractivity contribution in [2.45, 2.75) is 13.5 Å². The summed E-state index contributed by atoms with van der Waals surface area (Å²) in [5.74, 6) is 1.19. The Morgan fingerprint density at radius 2 is 1.64 bits per heavy atom. The Labute approximate surface area is 163 Å². The summed E-state index contributed by atoms with van der Waals surface area (Å²) in [5, 5.41) is 10.1. The standard InChI is InChI=1S/C21H22O7/c1-11(12-6-7-16(24-2)15(22)8-12)18-13-9-17(25-3)20(27-5)19(26-4)14(13)10-28-21(18)23/h6-9,22H,10H2,1-5H3/b18-11+. The number of rotatable bonds is 5. The van der Waals surface area contributed by atoms with Crippen molar-refractivity contribution in [1.29, 1.82) is 0 Å². The van der Waals surface area contributed by atoms with Gasteiger partial charge in [0.1, 0.15) is 6.61 Å². The number of benzene rings is 2. The number of allylic oxidation sites excluding steroid dienone is 1. The van der Waals surface area contributed by atoms with Crippen molar-refractivity contribution in [2.75, 3.05) is 28.4 Å². The van der Waals surface area contributed by atoms with Crippen LogP contribution in [-0.2, 0) is 16.1 Å². The second-order valence-corrected chi connectivity index (χ2v) is 6.13. The lowest BCUT2D eigenvalue weighted by molar-refractivity contribution is -0.138. The molecular weight excluding hydrogens is 364 g/mol. The molecule has 2 aromatic rings. The molecule has 0 bridgehead atoms. The van der Waals surface area contributed by atoms with Crippen LogP contribution in [0, 0.1) is 0 Å². The van der Waals surface area contributed by atoms with Crippen LogP contribution < -0.4 is 18.9 Å². The minimum Gasteiger partial charge on any atom is -0.504 e. The van der Waals surface area contributed by atoms with E-state index in [-0.39, 0.29) is 12.4 Å². The van der Waals surface area contributed by atoms with Gasteiger partial charge < -0.3 is 28.8 Å². The van der Waals surface area contributed by atoms with Crippen LogP contribution in [0.1, 0.15) is 23.6 Å². The predicted octanol–water partition coefficient (Wildman–Crippen LogP) is 3.41. The molecule has 3 rings (SSSR count). The molecule has 0 aromatic heterocycles. The molecule has 0 saturated carbocycles. The monoisotopic (exact) mass is 386 g/mol. The molecule has 0 radical (unpaired) electrons. The van der Waals surface area contributed by atoms with Gasteiger partial charge in [0, 0.05) is 11.1 Å². The minimum absolute atomic E-state index is 0.0192. The summed E-state index contributed by atoms with van der Waals surface area (Å²) in [6.07, 6.45) is 0. The first kappa shape index (κ1) is 19.4. The minimum atomic E-state index is -0.463. The van der Waals surface area contributed by atoms with Gasteiger partial charge >= 0.3 is 5.97 Å². The highest BCUT2D eigenvalue weighted by molar-refractivity contribution is 6.25. The van der Waals surface area contributed by atoms with E-state index in [4.69, 9.17) is 23.7 Å². The summed E-state index contributed by atoms with van der Waals surface area (Å²) >= 11 is 0. The van der Waals surface area contributed by atoms with E-state index < -0.39 is 5.97 Å². The van der Waals surface area contributed by atoms with Crippen LogP contribution in [-0.4, -0.2) is 39.5 Å². The lowest BCUT2D eigenvalue weighted by Gasteiger charge is -2.25. The normalized spacial score (nSPS) is 14.7. The second kappa shape index (κ2) is 7.72. The molecule has 28 heavy (non-hydrogen) atoms. The summed E-state index contributed by atoms with van der Waals surface area (Å²) in [5.41, 5.74) is 2.99. The maximum atomic E-state index is 12.7. The number of hydrogen-bond donors (Lipinski definition) is 1. The Hall–Kier alpha value is -3.35. The van der Waals surface area contributed by atoms with Gasteiger partial charge in [-0.3, -0.25) is 0 Å². The van der Waals surface area contributed by atoms with Crippen molar-refractivity contribution in [1.82, 2.24) is 0 Å². The fourth-order valence-electron chi connectivity index (χ4n) is 3.32. The largest absolute Gasteiger partial charge is 0.504 e. The van der Waals surface area contributed by atoms with Crippen molar-refractivity contribution in [2.24, 2.45) is 0 Å². The number of phenolic OH excluding ortho intramolecular Hbond substituents is 1. The third kappa shape index (κ3) is 3.09. The Kier molecular flexibility index (Phi) is 5.35. The Balaban J connectivity index is 2.28. The second-order valence-electron chi connectivity index (χ2n) is 6.13. The highest BCUT2D eigenvalue weighted by atomic mass is 16.5. The fraction of sp³-hybridized carbons (Fsp3) is 0.286. The van der Waals surface area contributed by atoms with E-state index in [1.165, 1.54) is 28.4 Å². The maximum Gasteiger partial charge on any atom is 0.339 e. The number of fused-ring (bicyclic) bond motifs is 1. The average Bonchev–Trinajstić information content (AvgIpc) is 2.71. The van der Waals surface area contributed by atoms with Gasteiger partial charge in [-0.15, -0.1) is 0 Å². The number of carbonyl (C=O) groups is 1. The lowest BCUT2D eigenvalue weighted by Crippen LogP contribution is -2.18. The Morgan fingerprint density at radius 1 is 0.964 bits per heavy atom. The Morgan fingerprint density at radius 3 is 2.21 bits per heavy atom. The lowest BCUT2D eigenvalue weighted by atomic mass is 9.90. The van der Waals surface area contributed by atoms with Crippen LogP contribution in [0.5, 0.6) is 28.7 Å². The first-order chi connectivity index (χ1) is 13.5. The van der Waals surface area contributed by atoms with Crippen LogP contribution in [0.3, 0.4) is 0 Å². The number of ether oxygens (including phenoxy) is 5. The zero-order valence-electron chi connectivity index (χ0n) is 16.4. The summed E-state index contributed by atoms with van der Waals surface area (Å²) in [6, 6.07) is 6.68. The molecule has 1 N–H and O–H groups in total. The van der Waals surface area contributed by atoms with Gasteiger partial charge in [0.15, 0.2) is 23.0 Å². The molecule has 2 aromatic carbocycles. The van der Waals surface area contributed by atoms with E-state index in [0.717, 1.165) is 0 Å². The number of methoxy groups -OCH3 is 4. The van der Waals surface area contributed by atoms with Gasteiger partial charge in [-0.2, -0.15) is 0 Å². The molecule has 0 spiro atoms. The van der Waals surface area contributed by atoms with Crippen molar-refractivity contribution >= 4 is 17.1 Å². The summed E-state index contributed by atoms with van der Waals surface area (Å²) < 4.78 is 26.8. The molecule has 0 unspecified atom stereocenters. The highest BCUT2D eigenvalue weighted by Gasteiger charge is 2.32. The third-order valence-electron chi connectivity index (χ3n) is 4.74. The molecule has 0 fully saturated rings. The molecule has 1 heterocycles. The summed E-state index contributed by atoms with van der Waals surface area (Å²) in [6.45, 7) is 1.85. The van der Waals surface area contributed by atoms with Gasteiger partial charge in [-0.1, -0.05) is 6.07 Å². The maximum absolute atomic E-state index is 12.7. The van der Waals surface area contributed by atoms with Gasteiger partial charge in [-0.25, -0.2) is 4.79 Å².